The van der Waals surface area contributed by atoms with Crippen molar-refractivity contribution in [3.63, 3.8) is 0 Å². The second-order valence-electron chi connectivity index (χ2n) is 10.3. The second-order valence-corrected chi connectivity index (χ2v) is 11.4. The van der Waals surface area contributed by atoms with Gasteiger partial charge in [-0.2, -0.15) is 0 Å². The first-order valence-electron chi connectivity index (χ1n) is 12.9. The summed E-state index contributed by atoms with van der Waals surface area (Å²) in [5, 5.41) is 4.02. The van der Waals surface area contributed by atoms with Crippen molar-refractivity contribution in [1.82, 2.24) is 9.80 Å². The summed E-state index contributed by atoms with van der Waals surface area (Å²) in [5.41, 5.74) is 0.859. The molecule has 3 aromatic rings. The highest BCUT2D eigenvalue weighted by Gasteiger charge is 2.43. The van der Waals surface area contributed by atoms with Gasteiger partial charge < -0.3 is 5.32 Å². The van der Waals surface area contributed by atoms with E-state index in [1.54, 1.807) is 16.2 Å². The molecule has 1 saturated heterocycles. The zero-order valence-corrected chi connectivity index (χ0v) is 21.9. The molecule has 3 heterocycles. The van der Waals surface area contributed by atoms with Gasteiger partial charge in [0.1, 0.15) is 11.6 Å². The van der Waals surface area contributed by atoms with Crippen LogP contribution in [-0.4, -0.2) is 60.7 Å². The number of thiophene rings is 1. The van der Waals surface area contributed by atoms with Crippen molar-refractivity contribution < 1.29 is 22.0 Å². The summed E-state index contributed by atoms with van der Waals surface area (Å²) in [6.07, 6.45) is 0.670. The minimum atomic E-state index is -2.98. The molecule has 0 amide bonds. The fourth-order valence-electron chi connectivity index (χ4n) is 5.60. The maximum absolute atomic E-state index is 15.8. The Hall–Kier alpha value is -2.23. The number of alkyl halides is 3. The van der Waals surface area contributed by atoms with Crippen LogP contribution < -0.4 is 5.32 Å². The molecule has 2 atom stereocenters. The molecule has 5 rings (SSSR count). The quantitative estimate of drug-likeness (QED) is 0.296. The molecule has 2 aliphatic rings. The molecule has 0 aliphatic carbocycles. The highest BCUT2D eigenvalue weighted by Crippen LogP contribution is 2.48. The van der Waals surface area contributed by atoms with E-state index in [0.717, 1.165) is 20.5 Å². The first-order chi connectivity index (χ1) is 17.7. The van der Waals surface area contributed by atoms with Gasteiger partial charge in [0.25, 0.3) is 5.92 Å². The Morgan fingerprint density at radius 1 is 1.08 bits per heavy atom. The Morgan fingerprint density at radius 2 is 1.78 bits per heavy atom. The summed E-state index contributed by atoms with van der Waals surface area (Å²) < 4.78 is 74.4. The van der Waals surface area contributed by atoms with Crippen LogP contribution >= 0.6 is 11.3 Å². The van der Waals surface area contributed by atoms with Crippen LogP contribution in [0.1, 0.15) is 48.7 Å². The molecule has 0 bridgehead atoms. The van der Waals surface area contributed by atoms with Crippen LogP contribution in [0.3, 0.4) is 0 Å². The van der Waals surface area contributed by atoms with E-state index in [1.165, 1.54) is 19.1 Å². The van der Waals surface area contributed by atoms with Crippen molar-refractivity contribution in [2.45, 2.75) is 57.2 Å². The normalized spacial score (nSPS) is 21.3. The molecule has 0 spiro atoms. The Morgan fingerprint density at radius 3 is 2.46 bits per heavy atom. The van der Waals surface area contributed by atoms with Gasteiger partial charge in [-0.1, -0.05) is 25.1 Å². The smallest absolute Gasteiger partial charge is 0.260 e. The Labute approximate surface area is 218 Å². The van der Waals surface area contributed by atoms with Crippen LogP contribution in [0.4, 0.5) is 27.6 Å². The van der Waals surface area contributed by atoms with E-state index in [4.69, 9.17) is 0 Å². The molecule has 0 saturated carbocycles. The Kier molecular flexibility index (Phi) is 7.49. The molecule has 1 fully saturated rings. The van der Waals surface area contributed by atoms with Crippen molar-refractivity contribution in [3.05, 3.63) is 64.0 Å². The van der Waals surface area contributed by atoms with Crippen molar-refractivity contribution in [1.29, 1.82) is 0 Å². The lowest BCUT2D eigenvalue weighted by Crippen LogP contribution is -2.54. The summed E-state index contributed by atoms with van der Waals surface area (Å²) in [5.74, 6) is -4.48. The summed E-state index contributed by atoms with van der Waals surface area (Å²) in [6.45, 7) is 4.35. The molecular formula is C28H32F5N3S. The molecule has 1 aromatic heterocycles. The van der Waals surface area contributed by atoms with Gasteiger partial charge in [0, 0.05) is 52.9 Å². The third kappa shape index (κ3) is 5.22. The minimum absolute atomic E-state index is 0.0196. The fourth-order valence-corrected chi connectivity index (χ4v) is 6.96. The number of benzene rings is 2. The minimum Gasteiger partial charge on any atom is -0.380 e. The van der Waals surface area contributed by atoms with E-state index in [0.29, 0.717) is 38.2 Å². The van der Waals surface area contributed by atoms with E-state index in [1.807, 2.05) is 31.2 Å². The number of rotatable bonds is 9. The molecule has 200 valence electrons. The van der Waals surface area contributed by atoms with Crippen molar-refractivity contribution in [3.8, 4) is 0 Å². The zero-order chi connectivity index (χ0) is 26.3. The maximum Gasteiger partial charge on any atom is 0.260 e. The van der Waals surface area contributed by atoms with E-state index >= 15 is 8.78 Å². The van der Waals surface area contributed by atoms with E-state index in [2.05, 4.69) is 10.2 Å². The molecule has 2 aromatic carbocycles. The first-order valence-corrected chi connectivity index (χ1v) is 13.7. The lowest BCUT2D eigenvalue weighted by Gasteiger charge is -2.43. The number of likely N-dealkylation sites (tertiary alicyclic amines) is 1. The number of anilines is 1. The summed E-state index contributed by atoms with van der Waals surface area (Å²) in [6, 6.07) is 8.92. The number of hydrogen-bond donors (Lipinski definition) is 1. The third-order valence-electron chi connectivity index (χ3n) is 7.58. The van der Waals surface area contributed by atoms with Gasteiger partial charge in [-0.05, 0) is 48.9 Å². The highest BCUT2D eigenvalue weighted by atomic mass is 32.1. The lowest BCUT2D eigenvalue weighted by atomic mass is 9.86. The lowest BCUT2D eigenvalue weighted by molar-refractivity contribution is -0.0544. The largest absolute Gasteiger partial charge is 0.380 e. The molecule has 1 N–H and O–H groups in total. The average Bonchev–Trinajstić information content (AvgIpc) is 3.19. The molecule has 3 nitrogen and oxygen atoms in total. The van der Waals surface area contributed by atoms with Gasteiger partial charge in [-0.15, -0.1) is 11.3 Å². The predicted molar refractivity (Wildman–Crippen MR) is 140 cm³/mol. The SMILES string of the molecule is CCC(F)(F)CN1[C@@H](c2c(F)cc(NC3CN(CCCF)C3)cc2F)c2c(sc3ccccc23)C[C@@H]1C. The summed E-state index contributed by atoms with van der Waals surface area (Å²) in [4.78, 5) is 4.64. The van der Waals surface area contributed by atoms with Crippen LogP contribution in [-0.2, 0) is 6.42 Å². The number of halogens is 5. The molecular weight excluding hydrogens is 505 g/mol. The van der Waals surface area contributed by atoms with Crippen LogP contribution in [0.2, 0.25) is 0 Å². The Balaban J connectivity index is 1.51. The van der Waals surface area contributed by atoms with Gasteiger partial charge >= 0.3 is 0 Å². The molecule has 9 heteroatoms. The van der Waals surface area contributed by atoms with E-state index < -0.39 is 30.1 Å². The fraction of sp³-hybridized carbons (Fsp3) is 0.500. The van der Waals surface area contributed by atoms with Crippen LogP contribution in [0.25, 0.3) is 10.1 Å². The van der Waals surface area contributed by atoms with Crippen molar-refractivity contribution >= 4 is 27.1 Å². The van der Waals surface area contributed by atoms with Crippen LogP contribution in [0.5, 0.6) is 0 Å². The van der Waals surface area contributed by atoms with Gasteiger partial charge in [0.15, 0.2) is 0 Å². The van der Waals surface area contributed by atoms with E-state index in [9.17, 15) is 13.2 Å². The monoisotopic (exact) mass is 537 g/mol. The number of fused-ring (bicyclic) bond motifs is 3. The third-order valence-corrected chi connectivity index (χ3v) is 8.79. The zero-order valence-electron chi connectivity index (χ0n) is 21.0. The van der Waals surface area contributed by atoms with Crippen LogP contribution in [0, 0.1) is 11.6 Å². The maximum atomic E-state index is 15.8. The molecule has 2 aliphatic heterocycles. The summed E-state index contributed by atoms with van der Waals surface area (Å²) in [7, 11) is 0. The first kappa shape index (κ1) is 26.4. The summed E-state index contributed by atoms with van der Waals surface area (Å²) >= 11 is 1.57. The van der Waals surface area contributed by atoms with Gasteiger partial charge in [0.05, 0.1) is 25.3 Å². The predicted octanol–water partition coefficient (Wildman–Crippen LogP) is 7.02. The van der Waals surface area contributed by atoms with Gasteiger partial charge in [-0.25, -0.2) is 17.6 Å². The standard InChI is InChI=1S/C28H32F5N3S/c1-3-28(32,33)16-36-17(2)11-24-25(20-7-4-5-8-23(20)37-24)27(36)26-21(30)12-18(13-22(26)31)34-19-14-35(15-19)10-6-9-29/h4-5,7-8,12-13,17,19,27,34H,3,6,9-11,14-16H2,1-2H3/t17-,27+/m0/s1. The Bertz CT molecular complexity index is 1230. The molecule has 0 unspecified atom stereocenters. The van der Waals surface area contributed by atoms with Crippen molar-refractivity contribution in [2.75, 3.05) is 38.2 Å². The average molecular weight is 538 g/mol. The topological polar surface area (TPSA) is 18.5 Å². The number of nitrogens with one attached hydrogen (secondary N) is 1. The highest BCUT2D eigenvalue weighted by molar-refractivity contribution is 7.19. The number of nitrogens with zero attached hydrogens (tertiary/aromatic N) is 2. The van der Waals surface area contributed by atoms with Gasteiger partial charge in [-0.3, -0.25) is 14.2 Å². The van der Waals surface area contributed by atoms with Gasteiger partial charge in [0.2, 0.25) is 0 Å². The molecule has 37 heavy (non-hydrogen) atoms. The molecule has 0 radical (unpaired) electrons. The number of hydrogen-bond acceptors (Lipinski definition) is 4. The van der Waals surface area contributed by atoms with E-state index in [-0.39, 0.29) is 30.7 Å². The van der Waals surface area contributed by atoms with Crippen LogP contribution in [0.15, 0.2) is 36.4 Å². The van der Waals surface area contributed by atoms with Crippen molar-refractivity contribution in [2.24, 2.45) is 0 Å². The second kappa shape index (κ2) is 10.5.